The summed E-state index contributed by atoms with van der Waals surface area (Å²) in [6.07, 6.45) is 6.04. The molecule has 2 amide bonds. The molecule has 3 aliphatic rings. The Kier molecular flexibility index (Phi) is 5.35. The Morgan fingerprint density at radius 2 is 1.43 bits per heavy atom. The number of carboxylic acids is 1. The highest BCUT2D eigenvalue weighted by atomic mass is 16.4. The van der Waals surface area contributed by atoms with E-state index in [4.69, 9.17) is 5.11 Å². The number of amides is 2. The van der Waals surface area contributed by atoms with Gasteiger partial charge < -0.3 is 15.7 Å². The lowest BCUT2D eigenvalue weighted by molar-refractivity contribution is -0.139. The van der Waals surface area contributed by atoms with Gasteiger partial charge >= 0.3 is 5.97 Å². The maximum atomic E-state index is 12.4. The van der Waals surface area contributed by atoms with E-state index < -0.39 is 5.97 Å². The fourth-order valence-electron chi connectivity index (χ4n) is 3.69. The van der Waals surface area contributed by atoms with Crippen LogP contribution >= 0.6 is 0 Å². The summed E-state index contributed by atoms with van der Waals surface area (Å²) in [7, 11) is 0. The number of carboxylic acid groups (broad SMARTS) is 1. The number of benzene rings is 1. The van der Waals surface area contributed by atoms with Gasteiger partial charge in [-0.05, 0) is 68.7 Å². The predicted octanol–water partition coefficient (Wildman–Crippen LogP) is 1.64. The van der Waals surface area contributed by atoms with E-state index in [9.17, 15) is 14.4 Å². The SMILES string of the molecule is O=C(O)CN(CC1CC1)C1CC(NC(=O)c2ccc(C(=O)NC3CC3)cc2)C1. The van der Waals surface area contributed by atoms with Crippen LogP contribution in [0.4, 0.5) is 0 Å². The minimum atomic E-state index is -0.793. The van der Waals surface area contributed by atoms with Crippen molar-refractivity contribution >= 4 is 17.8 Å². The van der Waals surface area contributed by atoms with Crippen LogP contribution in [0.25, 0.3) is 0 Å². The first-order chi connectivity index (χ1) is 13.5. The molecule has 150 valence electrons. The number of nitrogens with one attached hydrogen (secondary N) is 2. The van der Waals surface area contributed by atoms with Crippen LogP contribution < -0.4 is 10.6 Å². The summed E-state index contributed by atoms with van der Waals surface area (Å²) >= 11 is 0. The molecule has 0 atom stereocenters. The van der Waals surface area contributed by atoms with Crippen LogP contribution in [-0.4, -0.2) is 59.0 Å². The molecular formula is C21H27N3O4. The topological polar surface area (TPSA) is 98.7 Å². The summed E-state index contributed by atoms with van der Waals surface area (Å²) in [6.45, 7) is 0.925. The number of aliphatic carboxylic acids is 1. The zero-order valence-corrected chi connectivity index (χ0v) is 15.9. The van der Waals surface area contributed by atoms with E-state index in [1.165, 1.54) is 12.8 Å². The van der Waals surface area contributed by atoms with Gasteiger partial charge in [-0.25, -0.2) is 0 Å². The van der Waals surface area contributed by atoms with Crippen molar-refractivity contribution in [1.82, 2.24) is 15.5 Å². The van der Waals surface area contributed by atoms with Crippen LogP contribution in [0, 0.1) is 5.92 Å². The molecule has 1 aromatic rings. The summed E-state index contributed by atoms with van der Waals surface area (Å²) in [4.78, 5) is 37.6. The van der Waals surface area contributed by atoms with Crippen LogP contribution in [0.15, 0.2) is 24.3 Å². The molecule has 7 nitrogen and oxygen atoms in total. The van der Waals surface area contributed by atoms with E-state index in [2.05, 4.69) is 15.5 Å². The van der Waals surface area contributed by atoms with Gasteiger partial charge in [0.1, 0.15) is 0 Å². The third kappa shape index (κ3) is 4.90. The summed E-state index contributed by atoms with van der Waals surface area (Å²) < 4.78 is 0. The Morgan fingerprint density at radius 1 is 0.893 bits per heavy atom. The van der Waals surface area contributed by atoms with Gasteiger partial charge in [0.25, 0.3) is 11.8 Å². The molecule has 0 bridgehead atoms. The summed E-state index contributed by atoms with van der Waals surface area (Å²) in [5.41, 5.74) is 1.10. The fraction of sp³-hybridized carbons (Fsp3) is 0.571. The molecule has 4 rings (SSSR count). The number of hydrogen-bond donors (Lipinski definition) is 3. The van der Waals surface area contributed by atoms with Crippen molar-refractivity contribution < 1.29 is 19.5 Å². The second-order valence-corrected chi connectivity index (χ2v) is 8.39. The van der Waals surface area contributed by atoms with Crippen molar-refractivity contribution in [2.45, 2.75) is 56.7 Å². The Bertz CT molecular complexity index is 749. The van der Waals surface area contributed by atoms with Gasteiger partial charge in [-0.2, -0.15) is 0 Å². The van der Waals surface area contributed by atoms with Crippen LogP contribution in [-0.2, 0) is 4.79 Å². The number of carbonyl (C=O) groups is 3. The summed E-state index contributed by atoms with van der Waals surface area (Å²) in [5.74, 6) is -0.391. The quantitative estimate of drug-likeness (QED) is 0.600. The molecule has 0 heterocycles. The highest BCUT2D eigenvalue weighted by Gasteiger charge is 2.37. The fourth-order valence-corrected chi connectivity index (χ4v) is 3.69. The second-order valence-electron chi connectivity index (χ2n) is 8.39. The second kappa shape index (κ2) is 7.91. The molecule has 28 heavy (non-hydrogen) atoms. The number of hydrogen-bond acceptors (Lipinski definition) is 4. The van der Waals surface area contributed by atoms with Crippen LogP contribution in [0.1, 0.15) is 59.2 Å². The molecule has 1 aromatic carbocycles. The van der Waals surface area contributed by atoms with Crippen molar-refractivity contribution in [2.75, 3.05) is 13.1 Å². The van der Waals surface area contributed by atoms with Gasteiger partial charge in [0.2, 0.25) is 0 Å². The van der Waals surface area contributed by atoms with E-state index in [0.29, 0.717) is 23.1 Å². The zero-order chi connectivity index (χ0) is 19.7. The first-order valence-electron chi connectivity index (χ1n) is 10.2. The Hall–Kier alpha value is -2.41. The van der Waals surface area contributed by atoms with Gasteiger partial charge in [-0.15, -0.1) is 0 Å². The molecule has 0 unspecified atom stereocenters. The number of carbonyl (C=O) groups excluding carboxylic acids is 2. The molecule has 3 N–H and O–H groups in total. The van der Waals surface area contributed by atoms with Crippen molar-refractivity contribution in [3.05, 3.63) is 35.4 Å². The molecular weight excluding hydrogens is 358 g/mol. The number of nitrogens with zero attached hydrogens (tertiary/aromatic N) is 1. The van der Waals surface area contributed by atoms with E-state index in [0.717, 1.165) is 32.2 Å². The van der Waals surface area contributed by atoms with Crippen molar-refractivity contribution in [2.24, 2.45) is 5.92 Å². The lowest BCUT2D eigenvalue weighted by Crippen LogP contribution is -2.55. The van der Waals surface area contributed by atoms with Crippen LogP contribution in [0.5, 0.6) is 0 Å². The predicted molar refractivity (Wildman–Crippen MR) is 103 cm³/mol. The first-order valence-corrected chi connectivity index (χ1v) is 10.2. The molecule has 0 spiro atoms. The highest BCUT2D eigenvalue weighted by molar-refractivity contribution is 5.98. The van der Waals surface area contributed by atoms with Crippen LogP contribution in [0.2, 0.25) is 0 Å². The van der Waals surface area contributed by atoms with Crippen LogP contribution in [0.3, 0.4) is 0 Å². The lowest BCUT2D eigenvalue weighted by atomic mass is 9.85. The zero-order valence-electron chi connectivity index (χ0n) is 15.9. The van der Waals surface area contributed by atoms with E-state index >= 15 is 0 Å². The Balaban J connectivity index is 1.25. The minimum Gasteiger partial charge on any atom is -0.480 e. The van der Waals surface area contributed by atoms with Crippen molar-refractivity contribution in [3.63, 3.8) is 0 Å². The average molecular weight is 385 g/mol. The molecule has 0 radical (unpaired) electrons. The van der Waals surface area contributed by atoms with Gasteiger partial charge in [-0.3, -0.25) is 19.3 Å². The standard InChI is InChI=1S/C21H27N3O4/c25-19(26)12-24(11-13-1-2-13)18-9-17(10-18)23-21(28)15-5-3-14(4-6-15)20(27)22-16-7-8-16/h3-6,13,16-18H,1-2,7-12H2,(H,22,27)(H,23,28)(H,25,26). The third-order valence-corrected chi connectivity index (χ3v) is 5.81. The number of rotatable bonds is 9. The minimum absolute atomic E-state index is 0.0749. The Morgan fingerprint density at radius 3 is 1.89 bits per heavy atom. The van der Waals surface area contributed by atoms with Crippen molar-refractivity contribution in [3.8, 4) is 0 Å². The maximum absolute atomic E-state index is 12.4. The lowest BCUT2D eigenvalue weighted by Gasteiger charge is -2.42. The van der Waals surface area contributed by atoms with E-state index in [1.807, 2.05) is 0 Å². The van der Waals surface area contributed by atoms with Gasteiger partial charge in [-0.1, -0.05) is 0 Å². The molecule has 0 aliphatic heterocycles. The molecule has 7 heteroatoms. The normalized spacial score (nSPS) is 23.8. The largest absolute Gasteiger partial charge is 0.480 e. The van der Waals surface area contributed by atoms with E-state index in [-0.39, 0.29) is 30.4 Å². The first kappa shape index (κ1) is 18.9. The third-order valence-electron chi connectivity index (χ3n) is 5.81. The van der Waals surface area contributed by atoms with Gasteiger partial charge in [0.05, 0.1) is 6.54 Å². The average Bonchev–Trinajstić information content (AvgIpc) is 3.53. The smallest absolute Gasteiger partial charge is 0.317 e. The van der Waals surface area contributed by atoms with Gasteiger partial charge in [0.15, 0.2) is 0 Å². The van der Waals surface area contributed by atoms with Gasteiger partial charge in [0, 0.05) is 35.8 Å². The highest BCUT2D eigenvalue weighted by Crippen LogP contribution is 2.33. The molecule has 3 aliphatic carbocycles. The van der Waals surface area contributed by atoms with E-state index in [1.54, 1.807) is 24.3 Å². The summed E-state index contributed by atoms with van der Waals surface area (Å²) in [5, 5.41) is 15.1. The molecule has 3 saturated carbocycles. The molecule has 3 fully saturated rings. The monoisotopic (exact) mass is 385 g/mol. The molecule has 0 saturated heterocycles. The Labute approximate surface area is 164 Å². The molecule has 0 aromatic heterocycles. The maximum Gasteiger partial charge on any atom is 0.317 e. The van der Waals surface area contributed by atoms with Crippen molar-refractivity contribution in [1.29, 1.82) is 0 Å². The summed E-state index contributed by atoms with van der Waals surface area (Å²) in [6, 6.07) is 7.33.